The summed E-state index contributed by atoms with van der Waals surface area (Å²) in [6.07, 6.45) is 0.453. The normalized spacial score (nSPS) is 12.3. The summed E-state index contributed by atoms with van der Waals surface area (Å²) in [6, 6.07) is -0.144. The molecule has 0 aliphatic heterocycles. The molecule has 0 rings (SSSR count). The van der Waals surface area contributed by atoms with Crippen molar-refractivity contribution in [1.82, 2.24) is 0 Å². The number of rotatable bonds is 6. The molecule has 0 aromatic rings. The molecule has 0 N–H and O–H groups in total. The van der Waals surface area contributed by atoms with Crippen LogP contribution in [0.25, 0.3) is 0 Å². The Labute approximate surface area is 94.9 Å². The van der Waals surface area contributed by atoms with Gasteiger partial charge in [-0.15, -0.1) is 0 Å². The van der Waals surface area contributed by atoms with E-state index in [0.717, 1.165) is 0 Å². The van der Waals surface area contributed by atoms with Crippen LogP contribution in [0.15, 0.2) is 0 Å². The SMILES string of the molecule is CC(C)C(=O)OCCC(C)C(=O)OCCl. The van der Waals surface area contributed by atoms with Gasteiger partial charge in [0, 0.05) is 0 Å². The van der Waals surface area contributed by atoms with Crippen LogP contribution < -0.4 is 0 Å². The van der Waals surface area contributed by atoms with Crippen LogP contribution in [0.5, 0.6) is 0 Å². The molecule has 88 valence electrons. The zero-order valence-electron chi connectivity index (χ0n) is 9.29. The Balaban J connectivity index is 3.67. The molecule has 0 bridgehead atoms. The fourth-order valence-corrected chi connectivity index (χ4v) is 0.924. The van der Waals surface area contributed by atoms with Gasteiger partial charge in [0.15, 0.2) is 6.07 Å². The summed E-state index contributed by atoms with van der Waals surface area (Å²) in [6.45, 7) is 5.45. The van der Waals surface area contributed by atoms with Gasteiger partial charge in [-0.25, -0.2) is 0 Å². The third-order valence-corrected chi connectivity index (χ3v) is 1.97. The molecular formula is C10H17ClO4. The van der Waals surface area contributed by atoms with Crippen molar-refractivity contribution in [3.05, 3.63) is 0 Å². The van der Waals surface area contributed by atoms with Crippen molar-refractivity contribution >= 4 is 23.5 Å². The van der Waals surface area contributed by atoms with E-state index in [1.807, 2.05) is 0 Å². The van der Waals surface area contributed by atoms with Gasteiger partial charge in [-0.1, -0.05) is 32.4 Å². The molecule has 15 heavy (non-hydrogen) atoms. The lowest BCUT2D eigenvalue weighted by Crippen LogP contribution is -2.18. The second-order valence-electron chi connectivity index (χ2n) is 3.58. The molecule has 0 aliphatic rings. The number of hydrogen-bond acceptors (Lipinski definition) is 4. The topological polar surface area (TPSA) is 52.6 Å². The molecule has 0 aromatic carbocycles. The molecule has 4 nitrogen and oxygen atoms in total. The van der Waals surface area contributed by atoms with Gasteiger partial charge in [0.05, 0.1) is 18.4 Å². The maximum Gasteiger partial charge on any atom is 0.309 e. The Morgan fingerprint density at radius 1 is 1.13 bits per heavy atom. The van der Waals surface area contributed by atoms with E-state index in [1.165, 1.54) is 0 Å². The molecule has 0 aliphatic carbocycles. The fraction of sp³-hybridized carbons (Fsp3) is 0.800. The molecule has 0 saturated heterocycles. The lowest BCUT2D eigenvalue weighted by atomic mass is 10.1. The van der Waals surface area contributed by atoms with E-state index in [0.29, 0.717) is 6.42 Å². The second kappa shape index (κ2) is 7.51. The van der Waals surface area contributed by atoms with Crippen LogP contribution >= 0.6 is 11.6 Å². The van der Waals surface area contributed by atoms with E-state index in [1.54, 1.807) is 20.8 Å². The predicted octanol–water partition coefficient (Wildman–Crippen LogP) is 1.95. The smallest absolute Gasteiger partial charge is 0.309 e. The summed E-state index contributed by atoms with van der Waals surface area (Å²) in [5.74, 6) is -1.07. The summed E-state index contributed by atoms with van der Waals surface area (Å²) in [7, 11) is 0. The molecule has 0 saturated carbocycles. The Morgan fingerprint density at radius 3 is 2.20 bits per heavy atom. The van der Waals surface area contributed by atoms with E-state index in [2.05, 4.69) is 4.74 Å². The average Bonchev–Trinajstić information content (AvgIpc) is 2.17. The zero-order chi connectivity index (χ0) is 11.8. The van der Waals surface area contributed by atoms with Gasteiger partial charge >= 0.3 is 11.9 Å². The van der Waals surface area contributed by atoms with Gasteiger partial charge in [-0.3, -0.25) is 9.59 Å². The molecule has 0 heterocycles. The summed E-state index contributed by atoms with van der Waals surface area (Å²) in [4.78, 5) is 22.2. The first-order valence-corrected chi connectivity index (χ1v) is 5.41. The Kier molecular flexibility index (Phi) is 7.13. The summed E-state index contributed by atoms with van der Waals surface area (Å²) in [5.41, 5.74) is 0. The van der Waals surface area contributed by atoms with Crippen LogP contribution in [-0.2, 0) is 19.1 Å². The highest BCUT2D eigenvalue weighted by Crippen LogP contribution is 2.06. The quantitative estimate of drug-likeness (QED) is 0.523. The zero-order valence-corrected chi connectivity index (χ0v) is 10.0. The third kappa shape index (κ3) is 6.33. The first-order valence-electron chi connectivity index (χ1n) is 4.88. The lowest BCUT2D eigenvalue weighted by molar-refractivity contribution is -0.151. The van der Waals surface area contributed by atoms with Crippen LogP contribution in [0.2, 0.25) is 0 Å². The number of halogens is 1. The number of esters is 2. The maximum absolute atomic E-state index is 11.1. The van der Waals surface area contributed by atoms with Crippen molar-refractivity contribution in [3.63, 3.8) is 0 Å². The van der Waals surface area contributed by atoms with E-state index >= 15 is 0 Å². The van der Waals surface area contributed by atoms with Crippen molar-refractivity contribution in [1.29, 1.82) is 0 Å². The maximum atomic E-state index is 11.1. The number of hydrogen-bond donors (Lipinski definition) is 0. The first kappa shape index (κ1) is 14.2. The molecule has 0 radical (unpaired) electrons. The first-order chi connectivity index (χ1) is 6.99. The minimum Gasteiger partial charge on any atom is -0.465 e. The van der Waals surface area contributed by atoms with Crippen LogP contribution in [0.1, 0.15) is 27.2 Å². The molecule has 0 aromatic heterocycles. The number of carbonyl (C=O) groups is 2. The minimum absolute atomic E-state index is 0.143. The fourth-order valence-electron chi connectivity index (χ4n) is 0.817. The molecule has 0 spiro atoms. The van der Waals surface area contributed by atoms with Gasteiger partial charge < -0.3 is 9.47 Å². The standard InChI is InChI=1S/C10H17ClO4/c1-7(2)9(12)14-5-4-8(3)10(13)15-6-11/h7-8H,4-6H2,1-3H3. The van der Waals surface area contributed by atoms with Crippen LogP contribution in [0, 0.1) is 11.8 Å². The lowest BCUT2D eigenvalue weighted by Gasteiger charge is -2.11. The Morgan fingerprint density at radius 2 is 1.73 bits per heavy atom. The van der Waals surface area contributed by atoms with Gasteiger partial charge in [-0.2, -0.15) is 0 Å². The number of alkyl halides is 1. The highest BCUT2D eigenvalue weighted by molar-refractivity contribution is 6.17. The highest BCUT2D eigenvalue weighted by atomic mass is 35.5. The van der Waals surface area contributed by atoms with E-state index in [4.69, 9.17) is 16.3 Å². The largest absolute Gasteiger partial charge is 0.465 e. The molecule has 1 unspecified atom stereocenters. The van der Waals surface area contributed by atoms with Crippen molar-refractivity contribution in [3.8, 4) is 0 Å². The second-order valence-corrected chi connectivity index (χ2v) is 3.80. The van der Waals surface area contributed by atoms with Crippen LogP contribution in [0.3, 0.4) is 0 Å². The summed E-state index contributed by atoms with van der Waals surface area (Å²) in [5, 5.41) is 0. The highest BCUT2D eigenvalue weighted by Gasteiger charge is 2.15. The monoisotopic (exact) mass is 236 g/mol. The van der Waals surface area contributed by atoms with Crippen molar-refractivity contribution < 1.29 is 19.1 Å². The number of carbonyl (C=O) groups excluding carboxylic acids is 2. The van der Waals surface area contributed by atoms with E-state index in [9.17, 15) is 9.59 Å². The Bertz CT molecular complexity index is 215. The van der Waals surface area contributed by atoms with Crippen LogP contribution in [0.4, 0.5) is 0 Å². The predicted molar refractivity (Wildman–Crippen MR) is 56.4 cm³/mol. The molecule has 1 atom stereocenters. The van der Waals surface area contributed by atoms with Gasteiger partial charge in [0.1, 0.15) is 0 Å². The van der Waals surface area contributed by atoms with Gasteiger partial charge in [-0.05, 0) is 6.42 Å². The van der Waals surface area contributed by atoms with Crippen LogP contribution in [-0.4, -0.2) is 24.6 Å². The molecule has 0 amide bonds. The van der Waals surface area contributed by atoms with Crippen molar-refractivity contribution in [2.45, 2.75) is 27.2 Å². The van der Waals surface area contributed by atoms with E-state index in [-0.39, 0.29) is 36.4 Å². The molecule has 0 fully saturated rings. The minimum atomic E-state index is -0.370. The summed E-state index contributed by atoms with van der Waals surface area (Å²) >= 11 is 5.24. The Hall–Kier alpha value is -0.770. The molecule has 5 heteroatoms. The van der Waals surface area contributed by atoms with Crippen molar-refractivity contribution in [2.75, 3.05) is 12.7 Å². The van der Waals surface area contributed by atoms with Gasteiger partial charge in [0.25, 0.3) is 0 Å². The average molecular weight is 237 g/mol. The van der Waals surface area contributed by atoms with Crippen molar-refractivity contribution in [2.24, 2.45) is 11.8 Å². The van der Waals surface area contributed by atoms with E-state index < -0.39 is 0 Å². The molecular weight excluding hydrogens is 220 g/mol. The number of ether oxygens (including phenoxy) is 2. The third-order valence-electron chi connectivity index (χ3n) is 1.87. The summed E-state index contributed by atoms with van der Waals surface area (Å²) < 4.78 is 9.52. The van der Waals surface area contributed by atoms with Gasteiger partial charge in [0.2, 0.25) is 0 Å².